The van der Waals surface area contributed by atoms with Gasteiger partial charge in [0.25, 0.3) is 0 Å². The van der Waals surface area contributed by atoms with Gasteiger partial charge in [0, 0.05) is 49.0 Å². The summed E-state index contributed by atoms with van der Waals surface area (Å²) in [4.78, 5) is 3.76. The van der Waals surface area contributed by atoms with Crippen LogP contribution >= 0.6 is 22.7 Å². The molecule has 4 heteroatoms. The molecule has 204 valence electrons. The minimum atomic E-state index is 0.826. The average molecular weight is 587 g/mol. The lowest BCUT2D eigenvalue weighted by Gasteiger charge is -2.30. The zero-order valence-electron chi connectivity index (χ0n) is 23.2. The molecule has 2 aromatic heterocycles. The molecule has 43 heavy (non-hydrogen) atoms. The van der Waals surface area contributed by atoms with E-state index in [0.29, 0.717) is 0 Å². The fourth-order valence-electron chi connectivity index (χ4n) is 6.41. The molecule has 9 rings (SSSR count). The molecule has 0 amide bonds. The van der Waals surface area contributed by atoms with Crippen LogP contribution in [0.3, 0.4) is 0 Å². The smallest absolute Gasteiger partial charge is 0.0795 e. The van der Waals surface area contributed by atoms with Gasteiger partial charge >= 0.3 is 0 Å². The van der Waals surface area contributed by atoms with E-state index in [9.17, 15) is 0 Å². The number of hydrogen-bond donors (Lipinski definition) is 1. The van der Waals surface area contributed by atoms with Crippen molar-refractivity contribution in [2.75, 3.05) is 4.90 Å². The highest BCUT2D eigenvalue weighted by molar-refractivity contribution is 7.25. The van der Waals surface area contributed by atoms with Gasteiger partial charge in [0.15, 0.2) is 0 Å². The van der Waals surface area contributed by atoms with Crippen LogP contribution in [0.5, 0.6) is 0 Å². The molecule has 0 saturated heterocycles. The van der Waals surface area contributed by atoms with E-state index in [0.717, 1.165) is 17.9 Å². The summed E-state index contributed by atoms with van der Waals surface area (Å²) in [5.41, 5.74) is 7.29. The van der Waals surface area contributed by atoms with Crippen LogP contribution in [0, 0.1) is 0 Å². The summed E-state index contributed by atoms with van der Waals surface area (Å²) in [6.07, 6.45) is 2.21. The number of benzene rings is 6. The molecule has 0 aliphatic carbocycles. The second-order valence-electron chi connectivity index (χ2n) is 11.0. The molecular formula is C39H26N2S2. The number of thiophene rings is 2. The molecule has 0 atom stereocenters. The van der Waals surface area contributed by atoms with Crippen LogP contribution in [0.25, 0.3) is 57.9 Å². The lowest BCUT2D eigenvalue weighted by molar-refractivity contribution is 0.861. The maximum atomic E-state index is 3.64. The van der Waals surface area contributed by atoms with Gasteiger partial charge in [-0.2, -0.15) is 0 Å². The Balaban J connectivity index is 1.24. The van der Waals surface area contributed by atoms with Gasteiger partial charge in [-0.25, -0.2) is 0 Å². The summed E-state index contributed by atoms with van der Waals surface area (Å²) in [6, 6.07) is 48.7. The van der Waals surface area contributed by atoms with Crippen molar-refractivity contribution in [2.24, 2.45) is 0 Å². The van der Waals surface area contributed by atoms with Crippen molar-refractivity contribution in [3.05, 3.63) is 150 Å². The number of nitrogens with one attached hydrogen (secondary N) is 1. The molecule has 0 unspecified atom stereocenters. The second kappa shape index (κ2) is 9.84. The van der Waals surface area contributed by atoms with Crippen LogP contribution in [-0.4, -0.2) is 0 Å². The number of anilines is 2. The zero-order chi connectivity index (χ0) is 28.3. The SMILES string of the molecule is C1=C(N(c2ccc(-c3ccccc3)cc2)c2ccc3sc4ccccc4c3c2)c2sc3cc4ccccc4cc3c2CN1. The first kappa shape index (κ1) is 24.7. The van der Waals surface area contributed by atoms with Crippen molar-refractivity contribution in [1.82, 2.24) is 5.32 Å². The van der Waals surface area contributed by atoms with Gasteiger partial charge in [0.1, 0.15) is 0 Å². The molecule has 1 aliphatic heterocycles. The van der Waals surface area contributed by atoms with Crippen molar-refractivity contribution in [3.8, 4) is 11.1 Å². The van der Waals surface area contributed by atoms with Gasteiger partial charge in [0.05, 0.1) is 10.6 Å². The van der Waals surface area contributed by atoms with Gasteiger partial charge in [-0.15, -0.1) is 22.7 Å². The van der Waals surface area contributed by atoms with E-state index >= 15 is 0 Å². The second-order valence-corrected chi connectivity index (χ2v) is 13.2. The summed E-state index contributed by atoms with van der Waals surface area (Å²) in [5.74, 6) is 0. The monoisotopic (exact) mass is 586 g/mol. The Morgan fingerprint density at radius 3 is 2.07 bits per heavy atom. The van der Waals surface area contributed by atoms with Crippen molar-refractivity contribution in [1.29, 1.82) is 0 Å². The Kier molecular flexibility index (Phi) is 5.65. The average Bonchev–Trinajstić information content (AvgIpc) is 3.62. The normalized spacial score (nSPS) is 12.9. The predicted molar refractivity (Wildman–Crippen MR) is 187 cm³/mol. The van der Waals surface area contributed by atoms with E-state index in [4.69, 9.17) is 0 Å². The first-order chi connectivity index (χ1) is 21.3. The number of nitrogens with zero attached hydrogens (tertiary/aromatic N) is 1. The van der Waals surface area contributed by atoms with Gasteiger partial charge in [0.2, 0.25) is 0 Å². The van der Waals surface area contributed by atoms with E-state index < -0.39 is 0 Å². The summed E-state index contributed by atoms with van der Waals surface area (Å²) in [6.45, 7) is 0.826. The highest BCUT2D eigenvalue weighted by Crippen LogP contribution is 2.46. The topological polar surface area (TPSA) is 15.3 Å². The van der Waals surface area contributed by atoms with E-state index in [2.05, 4.69) is 150 Å². The lowest BCUT2D eigenvalue weighted by Crippen LogP contribution is -2.22. The van der Waals surface area contributed by atoms with E-state index in [-0.39, 0.29) is 0 Å². The van der Waals surface area contributed by atoms with Crippen molar-refractivity contribution in [3.63, 3.8) is 0 Å². The van der Waals surface area contributed by atoms with Gasteiger partial charge < -0.3 is 10.2 Å². The molecule has 1 N–H and O–H groups in total. The van der Waals surface area contributed by atoms with Crippen molar-refractivity contribution < 1.29 is 0 Å². The Labute approximate surface area is 257 Å². The maximum Gasteiger partial charge on any atom is 0.0795 e. The van der Waals surface area contributed by atoms with Crippen LogP contribution in [0.15, 0.2) is 140 Å². The largest absolute Gasteiger partial charge is 0.385 e. The molecule has 0 saturated carbocycles. The third-order valence-corrected chi connectivity index (χ3v) is 10.9. The van der Waals surface area contributed by atoms with Gasteiger partial charge in [-0.3, -0.25) is 0 Å². The summed E-state index contributed by atoms with van der Waals surface area (Å²) < 4.78 is 3.97. The van der Waals surface area contributed by atoms with E-state index in [1.807, 2.05) is 22.7 Å². The standard InChI is InChI=1S/C39H26N2S2/c1-2-8-25(9-3-1)26-14-16-29(17-15-26)41(30-18-19-37-33(22-30)31-12-6-7-13-36(31)42-37)35-24-40-23-34-32-20-27-10-4-5-11-28(27)21-38(32)43-39(34)35/h1-22,24,40H,23H2. The van der Waals surface area contributed by atoms with Gasteiger partial charge in [-0.05, 0) is 81.4 Å². The number of hydrogen-bond acceptors (Lipinski definition) is 4. The Morgan fingerprint density at radius 2 is 1.21 bits per heavy atom. The Bertz CT molecular complexity index is 2340. The predicted octanol–water partition coefficient (Wildman–Crippen LogP) is 11.3. The first-order valence-electron chi connectivity index (χ1n) is 14.6. The molecule has 0 fully saturated rings. The van der Waals surface area contributed by atoms with Crippen molar-refractivity contribution in [2.45, 2.75) is 6.54 Å². The molecule has 8 aromatic rings. The Hall–Kier alpha value is -4.90. The molecule has 0 spiro atoms. The highest BCUT2D eigenvalue weighted by atomic mass is 32.1. The first-order valence-corrected chi connectivity index (χ1v) is 16.2. The molecule has 0 bridgehead atoms. The summed E-state index contributed by atoms with van der Waals surface area (Å²) in [7, 11) is 0. The zero-order valence-corrected chi connectivity index (χ0v) is 24.9. The van der Waals surface area contributed by atoms with Crippen LogP contribution < -0.4 is 10.2 Å². The molecule has 1 aliphatic rings. The van der Waals surface area contributed by atoms with E-state index in [1.54, 1.807) is 0 Å². The molecule has 3 heterocycles. The minimum absolute atomic E-state index is 0.826. The third kappa shape index (κ3) is 4.06. The summed E-state index contributed by atoms with van der Waals surface area (Å²) in [5, 5.41) is 10.2. The molecular weight excluding hydrogens is 561 g/mol. The minimum Gasteiger partial charge on any atom is -0.385 e. The number of rotatable bonds is 4. The quantitative estimate of drug-likeness (QED) is 0.221. The molecule has 0 radical (unpaired) electrons. The maximum absolute atomic E-state index is 3.64. The lowest BCUT2D eigenvalue weighted by atomic mass is 10.0. The summed E-state index contributed by atoms with van der Waals surface area (Å²) >= 11 is 3.76. The van der Waals surface area contributed by atoms with Crippen molar-refractivity contribution >= 4 is 80.8 Å². The van der Waals surface area contributed by atoms with E-state index in [1.165, 1.54) is 68.3 Å². The van der Waals surface area contributed by atoms with Gasteiger partial charge in [-0.1, -0.05) is 84.9 Å². The fraction of sp³-hybridized carbons (Fsp3) is 0.0256. The van der Waals surface area contributed by atoms with Crippen LogP contribution in [0.4, 0.5) is 11.4 Å². The van der Waals surface area contributed by atoms with Crippen LogP contribution in [-0.2, 0) is 6.54 Å². The molecule has 6 aromatic carbocycles. The third-order valence-electron chi connectivity index (χ3n) is 8.50. The Morgan fingerprint density at radius 1 is 0.512 bits per heavy atom. The highest BCUT2D eigenvalue weighted by Gasteiger charge is 2.26. The fourth-order valence-corrected chi connectivity index (χ4v) is 8.76. The molecule has 2 nitrogen and oxygen atoms in total. The van der Waals surface area contributed by atoms with Crippen LogP contribution in [0.2, 0.25) is 0 Å². The van der Waals surface area contributed by atoms with Crippen LogP contribution in [0.1, 0.15) is 10.4 Å². The number of fused-ring (bicyclic) bond motifs is 7.